The van der Waals surface area contributed by atoms with Crippen molar-refractivity contribution in [3.8, 4) is 0 Å². The number of carbonyl (C=O) groups is 2. The molecule has 0 aromatic carbocycles. The van der Waals surface area contributed by atoms with E-state index in [0.29, 0.717) is 29.8 Å². The van der Waals surface area contributed by atoms with E-state index in [1.165, 1.54) is 11.8 Å². The highest BCUT2D eigenvalue weighted by Crippen LogP contribution is 2.50. The molecule has 2 aliphatic carbocycles. The number of amides is 2. The maximum Gasteiger partial charge on any atom is 0.406 e. The summed E-state index contributed by atoms with van der Waals surface area (Å²) in [5, 5.41) is 6.63. The SMILES string of the molecule is CSC1=CC(C)=NC(=O)C1CNC(=O)c1c(C)n([C@H](C)C2CCC(NC3(C(F)(F)F)CC3)CC2)c2ncccc12. The lowest BCUT2D eigenvalue weighted by Gasteiger charge is -2.36. The van der Waals surface area contributed by atoms with Gasteiger partial charge in [-0.05, 0) is 89.7 Å². The smallest absolute Gasteiger partial charge is 0.351 e. The van der Waals surface area contributed by atoms with Gasteiger partial charge in [-0.2, -0.15) is 13.2 Å². The number of hydrogen-bond acceptors (Lipinski definition) is 5. The summed E-state index contributed by atoms with van der Waals surface area (Å²) in [4.78, 5) is 35.6. The molecule has 216 valence electrons. The molecule has 5 rings (SSSR count). The summed E-state index contributed by atoms with van der Waals surface area (Å²) in [7, 11) is 0. The summed E-state index contributed by atoms with van der Waals surface area (Å²) >= 11 is 1.48. The van der Waals surface area contributed by atoms with Gasteiger partial charge in [0.05, 0.1) is 11.5 Å². The number of aliphatic imine (C=N–C) groups is 1. The Balaban J connectivity index is 1.31. The lowest BCUT2D eigenvalue weighted by atomic mass is 9.81. The lowest BCUT2D eigenvalue weighted by molar-refractivity contribution is -0.168. The molecule has 3 heterocycles. The van der Waals surface area contributed by atoms with Gasteiger partial charge < -0.3 is 15.2 Å². The number of thioether (sulfide) groups is 1. The Morgan fingerprint density at radius 2 is 1.93 bits per heavy atom. The number of allylic oxidation sites excluding steroid dienone is 1. The first-order valence-electron chi connectivity index (χ1n) is 13.9. The van der Waals surface area contributed by atoms with Gasteiger partial charge in [-0.3, -0.25) is 9.59 Å². The molecule has 3 aliphatic rings. The number of fused-ring (bicyclic) bond motifs is 1. The quantitative estimate of drug-likeness (QED) is 0.419. The van der Waals surface area contributed by atoms with Crippen LogP contribution in [0.5, 0.6) is 0 Å². The maximum absolute atomic E-state index is 13.5. The van der Waals surface area contributed by atoms with Gasteiger partial charge in [0.15, 0.2) is 0 Å². The van der Waals surface area contributed by atoms with E-state index in [4.69, 9.17) is 0 Å². The van der Waals surface area contributed by atoms with Crippen molar-refractivity contribution in [2.24, 2.45) is 16.8 Å². The fourth-order valence-electron chi connectivity index (χ4n) is 6.41. The van der Waals surface area contributed by atoms with Crippen molar-refractivity contribution in [3.05, 3.63) is 40.6 Å². The van der Waals surface area contributed by atoms with Crippen LogP contribution in [0.2, 0.25) is 0 Å². The van der Waals surface area contributed by atoms with E-state index in [-0.39, 0.29) is 49.2 Å². The van der Waals surface area contributed by atoms with Crippen molar-refractivity contribution in [2.75, 3.05) is 12.8 Å². The molecule has 0 radical (unpaired) electrons. The molecule has 7 nitrogen and oxygen atoms in total. The van der Waals surface area contributed by atoms with Crippen LogP contribution in [0.25, 0.3) is 11.0 Å². The summed E-state index contributed by atoms with van der Waals surface area (Å²) in [6, 6.07) is 3.56. The van der Waals surface area contributed by atoms with Crippen LogP contribution >= 0.6 is 11.8 Å². The number of rotatable bonds is 8. The zero-order valence-electron chi connectivity index (χ0n) is 23.3. The van der Waals surface area contributed by atoms with E-state index in [2.05, 4.69) is 32.1 Å². The minimum absolute atomic E-state index is 0.0145. The van der Waals surface area contributed by atoms with Crippen molar-refractivity contribution < 1.29 is 22.8 Å². The summed E-state index contributed by atoms with van der Waals surface area (Å²) in [6.07, 6.45) is 4.58. The molecule has 2 aromatic heterocycles. The van der Waals surface area contributed by atoms with Crippen LogP contribution in [0.15, 0.2) is 34.3 Å². The topological polar surface area (TPSA) is 88.4 Å². The van der Waals surface area contributed by atoms with E-state index in [1.54, 1.807) is 19.2 Å². The second kappa shape index (κ2) is 11.0. The highest BCUT2D eigenvalue weighted by atomic mass is 32.2. The van der Waals surface area contributed by atoms with Crippen LogP contribution in [0.4, 0.5) is 13.2 Å². The van der Waals surface area contributed by atoms with Gasteiger partial charge in [0, 0.05) is 46.5 Å². The van der Waals surface area contributed by atoms with Gasteiger partial charge >= 0.3 is 6.18 Å². The number of nitrogens with zero attached hydrogens (tertiary/aromatic N) is 3. The average molecular weight is 576 g/mol. The first kappa shape index (κ1) is 28.9. The van der Waals surface area contributed by atoms with Crippen LogP contribution < -0.4 is 10.6 Å². The molecule has 2 fully saturated rings. The Morgan fingerprint density at radius 1 is 1.23 bits per heavy atom. The zero-order valence-corrected chi connectivity index (χ0v) is 24.1. The molecule has 2 N–H and O–H groups in total. The maximum atomic E-state index is 13.5. The number of aromatic nitrogens is 2. The fourth-order valence-corrected chi connectivity index (χ4v) is 7.17. The Kier molecular flexibility index (Phi) is 7.91. The lowest BCUT2D eigenvalue weighted by Crippen LogP contribution is -2.50. The first-order valence-corrected chi connectivity index (χ1v) is 15.1. The fraction of sp³-hybridized carbons (Fsp3) is 0.586. The van der Waals surface area contributed by atoms with E-state index < -0.39 is 17.6 Å². The third kappa shape index (κ3) is 5.34. The van der Waals surface area contributed by atoms with Crippen LogP contribution in [-0.2, 0) is 4.79 Å². The summed E-state index contributed by atoms with van der Waals surface area (Å²) in [5.41, 5.74) is 1.01. The van der Waals surface area contributed by atoms with Gasteiger partial charge in [-0.1, -0.05) is 0 Å². The number of pyridine rings is 1. The summed E-state index contributed by atoms with van der Waals surface area (Å²) in [5.74, 6) is -0.784. The van der Waals surface area contributed by atoms with Crippen LogP contribution in [0.3, 0.4) is 0 Å². The number of hydrogen-bond donors (Lipinski definition) is 2. The molecule has 40 heavy (non-hydrogen) atoms. The van der Waals surface area contributed by atoms with Crippen molar-refractivity contribution in [1.29, 1.82) is 0 Å². The van der Waals surface area contributed by atoms with Crippen LogP contribution in [0.1, 0.15) is 74.5 Å². The van der Waals surface area contributed by atoms with E-state index >= 15 is 0 Å². The summed E-state index contributed by atoms with van der Waals surface area (Å²) in [6.45, 7) is 5.95. The monoisotopic (exact) mass is 575 g/mol. The molecule has 0 spiro atoms. The molecule has 1 aliphatic heterocycles. The highest BCUT2D eigenvalue weighted by Gasteiger charge is 2.63. The average Bonchev–Trinajstić information content (AvgIpc) is 3.64. The number of alkyl halides is 3. The zero-order chi connectivity index (χ0) is 28.8. The Labute approximate surface area is 236 Å². The van der Waals surface area contributed by atoms with Crippen LogP contribution in [-0.4, -0.2) is 57.6 Å². The van der Waals surface area contributed by atoms with Gasteiger partial charge in [0.25, 0.3) is 11.8 Å². The standard InChI is InChI=1S/C29H36F3N5O2S/c1-16-14-23(40-4)22(26(38)35-16)15-34-27(39)24-18(3)37(25-21(24)6-5-13-33-25)17(2)19-7-9-20(10-8-19)36-28(11-12-28)29(30,31)32/h5-6,13-14,17,19-20,22,36H,7-12,15H2,1-4H3,(H,34,39)/t17-,19?,20?,22?/m1/s1. The Hall–Kier alpha value is -2.66. The number of halogens is 3. The normalized spacial score (nSPS) is 25.4. The molecule has 2 atom stereocenters. The van der Waals surface area contributed by atoms with E-state index in [9.17, 15) is 22.8 Å². The molecular formula is C29H36F3N5O2S. The largest absolute Gasteiger partial charge is 0.406 e. The Bertz CT molecular complexity index is 1370. The predicted octanol–water partition coefficient (Wildman–Crippen LogP) is 5.74. The molecule has 0 bridgehead atoms. The Morgan fingerprint density at radius 3 is 2.55 bits per heavy atom. The van der Waals surface area contributed by atoms with E-state index in [1.807, 2.05) is 25.3 Å². The first-order chi connectivity index (χ1) is 19.0. The molecule has 2 amide bonds. The predicted molar refractivity (Wildman–Crippen MR) is 152 cm³/mol. The minimum Gasteiger partial charge on any atom is -0.351 e. The third-order valence-corrected chi connectivity index (χ3v) is 9.72. The second-order valence-corrected chi connectivity index (χ2v) is 12.3. The molecule has 0 saturated heterocycles. The number of nitrogens with one attached hydrogen (secondary N) is 2. The van der Waals surface area contributed by atoms with Gasteiger partial charge in [0.2, 0.25) is 0 Å². The van der Waals surface area contributed by atoms with Crippen molar-refractivity contribution in [1.82, 2.24) is 20.2 Å². The molecular weight excluding hydrogens is 539 g/mol. The van der Waals surface area contributed by atoms with Crippen LogP contribution in [0, 0.1) is 18.8 Å². The van der Waals surface area contributed by atoms with Crippen molar-refractivity contribution in [3.63, 3.8) is 0 Å². The number of carbonyl (C=O) groups excluding carboxylic acids is 2. The van der Waals surface area contributed by atoms with Gasteiger partial charge in [-0.15, -0.1) is 11.8 Å². The molecule has 11 heteroatoms. The minimum atomic E-state index is -4.20. The van der Waals surface area contributed by atoms with Crippen molar-refractivity contribution >= 4 is 40.3 Å². The van der Waals surface area contributed by atoms with E-state index in [0.717, 1.165) is 28.8 Å². The second-order valence-electron chi connectivity index (χ2n) is 11.4. The third-order valence-electron chi connectivity index (χ3n) is 8.85. The number of dihydropyridines is 1. The van der Waals surface area contributed by atoms with Gasteiger partial charge in [-0.25, -0.2) is 9.98 Å². The molecule has 1 unspecified atom stereocenters. The molecule has 2 aromatic rings. The summed E-state index contributed by atoms with van der Waals surface area (Å²) < 4.78 is 42.4. The highest BCUT2D eigenvalue weighted by molar-refractivity contribution is 8.02. The van der Waals surface area contributed by atoms with Gasteiger partial charge in [0.1, 0.15) is 11.2 Å². The van der Waals surface area contributed by atoms with Crippen molar-refractivity contribution in [2.45, 2.75) is 83.1 Å². The molecule has 2 saturated carbocycles.